The van der Waals surface area contributed by atoms with Crippen molar-refractivity contribution in [2.45, 2.75) is 89.9 Å². The minimum absolute atomic E-state index is 0.0190. The van der Waals surface area contributed by atoms with Crippen molar-refractivity contribution in [2.24, 2.45) is 17.8 Å². The number of aliphatic hydroxyl groups excluding tert-OH is 1. The third kappa shape index (κ3) is 5.86. The number of allylic oxidation sites excluding steroid dienone is 1. The van der Waals surface area contributed by atoms with Crippen LogP contribution in [0, 0.1) is 17.8 Å². The Bertz CT molecular complexity index is 1320. The van der Waals surface area contributed by atoms with Crippen LogP contribution >= 0.6 is 0 Å². The molecule has 4 aliphatic rings. The molecule has 4 atom stereocenters. The summed E-state index contributed by atoms with van der Waals surface area (Å²) >= 11 is 0. The van der Waals surface area contributed by atoms with Crippen molar-refractivity contribution in [3.05, 3.63) is 70.7 Å². The Balaban J connectivity index is 1.25. The van der Waals surface area contributed by atoms with E-state index in [1.54, 1.807) is 11.0 Å². The zero-order valence-electron chi connectivity index (χ0n) is 24.6. The van der Waals surface area contributed by atoms with Crippen molar-refractivity contribution in [2.75, 3.05) is 13.2 Å². The van der Waals surface area contributed by atoms with Crippen LogP contribution in [0.25, 0.3) is 6.08 Å². The number of amides is 2. The van der Waals surface area contributed by atoms with Crippen molar-refractivity contribution in [1.29, 1.82) is 0 Å². The molecule has 6 rings (SSSR count). The van der Waals surface area contributed by atoms with Crippen molar-refractivity contribution in [3.8, 4) is 5.75 Å². The van der Waals surface area contributed by atoms with Crippen molar-refractivity contribution < 1.29 is 28.6 Å². The number of aliphatic hydroxyl groups is 1. The van der Waals surface area contributed by atoms with E-state index in [1.807, 2.05) is 36.4 Å². The van der Waals surface area contributed by atoms with Gasteiger partial charge < -0.3 is 19.0 Å². The molecule has 3 fully saturated rings. The van der Waals surface area contributed by atoms with Crippen LogP contribution in [0.3, 0.4) is 0 Å². The Morgan fingerprint density at radius 1 is 1.02 bits per heavy atom. The van der Waals surface area contributed by atoms with E-state index in [2.05, 4.69) is 13.0 Å². The third-order valence-corrected chi connectivity index (χ3v) is 9.62. The first-order chi connectivity index (χ1) is 20.6. The molecule has 0 unspecified atom stereocenters. The number of imide groups is 1. The van der Waals surface area contributed by atoms with E-state index in [-0.39, 0.29) is 48.3 Å². The maximum Gasteiger partial charge on any atom is 0.234 e. The second kappa shape index (κ2) is 13.0. The molecule has 3 heterocycles. The highest BCUT2D eigenvalue weighted by atomic mass is 16.5. The number of fused-ring (bicyclic) bond motifs is 3. The minimum atomic E-state index is -0.328. The highest BCUT2D eigenvalue weighted by molar-refractivity contribution is 6.06. The Labute approximate surface area is 248 Å². The molecule has 42 heavy (non-hydrogen) atoms. The molecule has 1 aromatic heterocycles. The van der Waals surface area contributed by atoms with E-state index in [9.17, 15) is 14.7 Å². The summed E-state index contributed by atoms with van der Waals surface area (Å²) in [6.45, 7) is 2.93. The fourth-order valence-electron chi connectivity index (χ4n) is 7.68. The zero-order valence-corrected chi connectivity index (χ0v) is 24.6. The van der Waals surface area contributed by atoms with Crippen molar-refractivity contribution >= 4 is 17.9 Å². The Kier molecular flexibility index (Phi) is 8.96. The molecule has 1 aromatic carbocycles. The van der Waals surface area contributed by atoms with Gasteiger partial charge in [-0.1, -0.05) is 56.4 Å². The fraction of sp³-hybridized carbons (Fsp3) is 0.543. The second-order valence-electron chi connectivity index (χ2n) is 12.3. The van der Waals surface area contributed by atoms with Crippen LogP contribution in [-0.4, -0.2) is 47.2 Å². The summed E-state index contributed by atoms with van der Waals surface area (Å²) in [6.07, 6.45) is 11.3. The number of furan rings is 1. The number of nitrogens with zero attached hydrogens (tertiary/aromatic N) is 1. The molecular formula is C35H43NO6. The summed E-state index contributed by atoms with van der Waals surface area (Å²) in [5.41, 5.74) is 3.59. The van der Waals surface area contributed by atoms with Crippen LogP contribution in [0.4, 0.5) is 0 Å². The number of carbonyl (C=O) groups is 2. The number of ether oxygens (including phenoxy) is 2. The SMILES string of the molecule is CCC/C(=C\c1ccc(CO)o1)CC[C@H]1OC[C@H]2C1=C(COc1ccccc1)C[C@H]1C(=O)N(C3CCCCC3)C(=O)[C@H]12. The number of hydrogen-bond acceptors (Lipinski definition) is 6. The number of hydrogen-bond donors (Lipinski definition) is 1. The molecular weight excluding hydrogens is 530 g/mol. The van der Waals surface area contributed by atoms with E-state index >= 15 is 0 Å². The number of benzene rings is 1. The number of rotatable bonds is 11. The first kappa shape index (κ1) is 28.9. The maximum atomic E-state index is 13.9. The van der Waals surface area contributed by atoms with Gasteiger partial charge in [0.15, 0.2) is 0 Å². The van der Waals surface area contributed by atoms with Gasteiger partial charge in [0.25, 0.3) is 0 Å². The molecule has 2 saturated heterocycles. The summed E-state index contributed by atoms with van der Waals surface area (Å²) < 4.78 is 18.5. The lowest BCUT2D eigenvalue weighted by Gasteiger charge is -2.32. The van der Waals surface area contributed by atoms with Crippen molar-refractivity contribution in [3.63, 3.8) is 0 Å². The van der Waals surface area contributed by atoms with Gasteiger partial charge in [-0.15, -0.1) is 0 Å². The predicted molar refractivity (Wildman–Crippen MR) is 159 cm³/mol. The lowest BCUT2D eigenvalue weighted by Crippen LogP contribution is -2.42. The Hall–Kier alpha value is -3.16. The molecule has 7 heteroatoms. The van der Waals surface area contributed by atoms with Gasteiger partial charge in [0, 0.05) is 12.0 Å². The molecule has 7 nitrogen and oxygen atoms in total. The maximum absolute atomic E-state index is 13.9. The lowest BCUT2D eigenvalue weighted by molar-refractivity contribution is -0.143. The molecule has 0 bridgehead atoms. The van der Waals surface area contributed by atoms with Gasteiger partial charge in [-0.25, -0.2) is 0 Å². The standard InChI is InChI=1S/C35H43NO6/c1-2-9-23(18-27-15-16-28(20-37)42-27)14-17-31-32-24(21-40-26-12-7-4-8-13-26)19-29-33(30(32)22-41-31)35(39)36(34(29)38)25-10-5-3-6-11-25/h4,7-8,12-13,15-16,18,25,29-31,33,37H,2-3,5-6,9-11,14,17,19-22H2,1H3/b23-18+/t29-,30+,31-,33-/m1/s1. The van der Waals surface area contributed by atoms with Gasteiger partial charge >= 0.3 is 0 Å². The first-order valence-corrected chi connectivity index (χ1v) is 15.8. The van der Waals surface area contributed by atoms with Crippen LogP contribution in [0.15, 0.2) is 63.6 Å². The summed E-state index contributed by atoms with van der Waals surface area (Å²) in [5.74, 6) is 1.42. The van der Waals surface area contributed by atoms with Gasteiger partial charge in [-0.3, -0.25) is 14.5 Å². The first-order valence-electron chi connectivity index (χ1n) is 15.8. The average molecular weight is 574 g/mol. The highest BCUT2D eigenvalue weighted by Gasteiger charge is 2.58. The number of para-hydroxylation sites is 1. The van der Waals surface area contributed by atoms with E-state index in [0.717, 1.165) is 68.4 Å². The quantitative estimate of drug-likeness (QED) is 0.245. The van der Waals surface area contributed by atoms with Crippen LogP contribution < -0.4 is 4.74 Å². The van der Waals surface area contributed by atoms with Crippen LogP contribution in [0.5, 0.6) is 5.75 Å². The van der Waals surface area contributed by atoms with Gasteiger partial charge in [-0.2, -0.15) is 0 Å². The van der Waals surface area contributed by atoms with Crippen LogP contribution in [0.2, 0.25) is 0 Å². The molecule has 1 saturated carbocycles. The van der Waals surface area contributed by atoms with Gasteiger partial charge in [0.05, 0.1) is 24.5 Å². The topological polar surface area (TPSA) is 89.2 Å². The molecule has 0 radical (unpaired) electrons. The normalized spacial score (nSPS) is 26.6. The van der Waals surface area contributed by atoms with E-state index in [0.29, 0.717) is 25.4 Å². The van der Waals surface area contributed by atoms with E-state index < -0.39 is 0 Å². The second-order valence-corrected chi connectivity index (χ2v) is 12.3. The third-order valence-electron chi connectivity index (χ3n) is 9.62. The smallest absolute Gasteiger partial charge is 0.234 e. The molecule has 0 spiro atoms. The molecule has 2 amide bonds. The Morgan fingerprint density at radius 3 is 2.57 bits per heavy atom. The predicted octanol–water partition coefficient (Wildman–Crippen LogP) is 6.46. The number of carbonyl (C=O) groups excluding carboxylic acids is 2. The molecule has 2 aromatic rings. The minimum Gasteiger partial charge on any atom is -0.489 e. The number of likely N-dealkylation sites (tertiary alicyclic amines) is 1. The molecule has 1 N–H and O–H groups in total. The van der Waals surface area contributed by atoms with Gasteiger partial charge in [0.1, 0.15) is 30.5 Å². The lowest BCUT2D eigenvalue weighted by atomic mass is 9.69. The molecule has 224 valence electrons. The highest BCUT2D eigenvalue weighted by Crippen LogP contribution is 2.51. The summed E-state index contributed by atoms with van der Waals surface area (Å²) in [5, 5.41) is 9.38. The molecule has 2 aliphatic heterocycles. The van der Waals surface area contributed by atoms with Gasteiger partial charge in [-0.05, 0) is 80.0 Å². The van der Waals surface area contributed by atoms with Crippen molar-refractivity contribution in [1.82, 2.24) is 4.90 Å². The largest absolute Gasteiger partial charge is 0.489 e. The zero-order chi connectivity index (χ0) is 29.1. The summed E-state index contributed by atoms with van der Waals surface area (Å²) in [6, 6.07) is 13.5. The van der Waals surface area contributed by atoms with Gasteiger partial charge in [0.2, 0.25) is 11.8 Å². The van der Waals surface area contributed by atoms with E-state index in [1.165, 1.54) is 17.6 Å². The summed E-state index contributed by atoms with van der Waals surface area (Å²) in [4.78, 5) is 29.4. The fourth-order valence-corrected chi connectivity index (χ4v) is 7.68. The van der Waals surface area contributed by atoms with Crippen LogP contribution in [-0.2, 0) is 20.9 Å². The Morgan fingerprint density at radius 2 is 1.83 bits per heavy atom. The summed E-state index contributed by atoms with van der Waals surface area (Å²) in [7, 11) is 0. The average Bonchev–Trinajstić information content (AvgIpc) is 3.72. The monoisotopic (exact) mass is 573 g/mol. The molecule has 2 aliphatic carbocycles. The van der Waals surface area contributed by atoms with Crippen LogP contribution in [0.1, 0.15) is 82.7 Å². The van der Waals surface area contributed by atoms with E-state index in [4.69, 9.17) is 13.9 Å².